The van der Waals surface area contributed by atoms with Crippen molar-refractivity contribution in [1.29, 1.82) is 0 Å². The lowest BCUT2D eigenvalue weighted by molar-refractivity contribution is -0.167. The molecule has 444 valence electrons. The van der Waals surface area contributed by atoms with E-state index in [1.54, 1.807) is 0 Å². The van der Waals surface area contributed by atoms with Gasteiger partial charge in [0.1, 0.15) is 13.2 Å². The summed E-state index contributed by atoms with van der Waals surface area (Å²) in [6.45, 7) is 6.73. The van der Waals surface area contributed by atoms with Crippen LogP contribution in [0, 0.1) is 0 Å². The van der Waals surface area contributed by atoms with E-state index >= 15 is 0 Å². The molecule has 0 saturated carbocycles. The molecule has 0 saturated heterocycles. The molecule has 6 heteroatoms. The Bertz CT molecular complexity index is 1170. The molecule has 0 radical (unpaired) electrons. The van der Waals surface area contributed by atoms with Gasteiger partial charge in [-0.1, -0.05) is 341 Å². The third-order valence-corrected chi connectivity index (χ3v) is 15.8. The molecule has 0 N–H and O–H groups in total. The predicted molar refractivity (Wildman–Crippen MR) is 326 cm³/mol. The first-order valence-electron chi connectivity index (χ1n) is 34.2. The Kier molecular flexibility index (Phi) is 63.1. The van der Waals surface area contributed by atoms with Crippen molar-refractivity contribution >= 4 is 17.9 Å². The zero-order chi connectivity index (χ0) is 54.3. The number of allylic oxidation sites excluding steroid dienone is 2. The second kappa shape index (κ2) is 64.7. The van der Waals surface area contributed by atoms with Crippen LogP contribution in [0.3, 0.4) is 0 Å². The maximum atomic E-state index is 12.9. The van der Waals surface area contributed by atoms with Crippen molar-refractivity contribution in [3.8, 4) is 0 Å². The van der Waals surface area contributed by atoms with E-state index in [-0.39, 0.29) is 31.1 Å². The Morgan fingerprint density at radius 1 is 0.253 bits per heavy atom. The fraction of sp³-hybridized carbons (Fsp3) is 0.928. The molecule has 6 nitrogen and oxygen atoms in total. The molecule has 0 unspecified atom stereocenters. The van der Waals surface area contributed by atoms with E-state index in [0.29, 0.717) is 19.3 Å². The minimum atomic E-state index is -0.767. The molecule has 0 aliphatic heterocycles. The number of carbonyl (C=O) groups excluding carboxylic acids is 3. The molecular formula is C69H132O6. The normalized spacial score (nSPS) is 12.0. The lowest BCUT2D eigenvalue weighted by Crippen LogP contribution is -2.30. The van der Waals surface area contributed by atoms with Gasteiger partial charge in [-0.05, 0) is 44.9 Å². The summed E-state index contributed by atoms with van der Waals surface area (Å²) in [4.78, 5) is 38.4. The predicted octanol–water partition coefficient (Wildman–Crippen LogP) is 23.2. The van der Waals surface area contributed by atoms with E-state index in [0.717, 1.165) is 57.8 Å². The Balaban J connectivity index is 4.29. The summed E-state index contributed by atoms with van der Waals surface area (Å²) in [6, 6.07) is 0. The topological polar surface area (TPSA) is 78.9 Å². The number of hydrogen-bond acceptors (Lipinski definition) is 6. The van der Waals surface area contributed by atoms with Crippen LogP contribution in [0.15, 0.2) is 12.2 Å². The van der Waals surface area contributed by atoms with Crippen molar-refractivity contribution in [3.63, 3.8) is 0 Å². The van der Waals surface area contributed by atoms with E-state index in [1.165, 1.54) is 295 Å². The summed E-state index contributed by atoms with van der Waals surface area (Å²) in [7, 11) is 0. The van der Waals surface area contributed by atoms with Gasteiger partial charge in [-0.15, -0.1) is 0 Å². The van der Waals surface area contributed by atoms with Crippen LogP contribution in [-0.4, -0.2) is 37.2 Å². The van der Waals surface area contributed by atoms with Crippen LogP contribution in [0.4, 0.5) is 0 Å². The van der Waals surface area contributed by atoms with Gasteiger partial charge < -0.3 is 14.2 Å². The van der Waals surface area contributed by atoms with E-state index in [2.05, 4.69) is 32.9 Å². The van der Waals surface area contributed by atoms with Crippen molar-refractivity contribution in [3.05, 3.63) is 12.2 Å². The molecule has 0 spiro atoms. The zero-order valence-corrected chi connectivity index (χ0v) is 51.1. The van der Waals surface area contributed by atoms with Crippen molar-refractivity contribution in [2.75, 3.05) is 13.2 Å². The molecule has 0 heterocycles. The van der Waals surface area contributed by atoms with E-state index in [1.807, 2.05) is 0 Å². The van der Waals surface area contributed by atoms with E-state index < -0.39 is 6.10 Å². The zero-order valence-electron chi connectivity index (χ0n) is 51.1. The van der Waals surface area contributed by atoms with Crippen molar-refractivity contribution < 1.29 is 28.6 Å². The Morgan fingerprint density at radius 3 is 0.667 bits per heavy atom. The standard InChI is InChI=1S/C69H132O6/c1-4-7-10-13-16-19-22-25-28-31-34-37-40-43-46-49-52-55-58-61-67(70)73-64-66(75-69(72)63-60-57-54-51-48-45-42-39-36-33-30-27-24-21-18-15-12-9-6-3)65-74-68(71)62-59-56-53-50-47-44-41-38-35-32-29-26-23-20-17-14-11-8-5-2/h25,28,66H,4-24,26-27,29-65H2,1-3H3/b28-25-/t66-/m1/s1. The average molecular weight is 1060 g/mol. The first-order valence-corrected chi connectivity index (χ1v) is 34.2. The maximum absolute atomic E-state index is 12.9. The number of unbranched alkanes of at least 4 members (excludes halogenated alkanes) is 51. The molecule has 0 aromatic rings. The van der Waals surface area contributed by atoms with E-state index in [4.69, 9.17) is 14.2 Å². The summed E-state index contributed by atoms with van der Waals surface area (Å²) < 4.78 is 17.0. The second-order valence-electron chi connectivity index (χ2n) is 23.5. The third kappa shape index (κ3) is 62.9. The summed E-state index contributed by atoms with van der Waals surface area (Å²) in [5.74, 6) is -0.829. The maximum Gasteiger partial charge on any atom is 0.306 e. The lowest BCUT2D eigenvalue weighted by Gasteiger charge is -2.18. The van der Waals surface area contributed by atoms with Gasteiger partial charge in [-0.2, -0.15) is 0 Å². The van der Waals surface area contributed by atoms with Crippen LogP contribution in [0.2, 0.25) is 0 Å². The second-order valence-corrected chi connectivity index (χ2v) is 23.5. The Morgan fingerprint density at radius 2 is 0.440 bits per heavy atom. The minimum Gasteiger partial charge on any atom is -0.462 e. The number of ether oxygens (including phenoxy) is 3. The van der Waals surface area contributed by atoms with Crippen molar-refractivity contribution in [2.45, 2.75) is 399 Å². The highest BCUT2D eigenvalue weighted by atomic mass is 16.6. The molecule has 0 fully saturated rings. The van der Waals surface area contributed by atoms with E-state index in [9.17, 15) is 14.4 Å². The quantitative estimate of drug-likeness (QED) is 0.0261. The largest absolute Gasteiger partial charge is 0.462 e. The van der Waals surface area contributed by atoms with Crippen LogP contribution in [0.25, 0.3) is 0 Å². The van der Waals surface area contributed by atoms with Gasteiger partial charge in [-0.3, -0.25) is 14.4 Å². The molecular weight excluding hydrogens is 925 g/mol. The van der Waals surface area contributed by atoms with Crippen LogP contribution >= 0.6 is 0 Å². The first kappa shape index (κ1) is 73.2. The van der Waals surface area contributed by atoms with Crippen LogP contribution in [-0.2, 0) is 28.6 Å². The third-order valence-electron chi connectivity index (χ3n) is 15.8. The molecule has 0 aliphatic carbocycles. The summed E-state index contributed by atoms with van der Waals surface area (Å²) in [6.07, 6.45) is 76.5. The smallest absolute Gasteiger partial charge is 0.306 e. The molecule has 75 heavy (non-hydrogen) atoms. The van der Waals surface area contributed by atoms with Crippen LogP contribution in [0.5, 0.6) is 0 Å². The fourth-order valence-electron chi connectivity index (χ4n) is 10.6. The molecule has 0 aliphatic rings. The SMILES string of the molecule is CCCCCCCC/C=C\CCCCCCCCCCCC(=O)OC[C@H](COC(=O)CCCCCCCCCCCCCCCCCCCCC)OC(=O)CCCCCCCCCCCCCCCCCCCCC. The molecule has 0 bridgehead atoms. The fourth-order valence-corrected chi connectivity index (χ4v) is 10.6. The Labute approximate surface area is 469 Å². The molecule has 1 atom stereocenters. The highest BCUT2D eigenvalue weighted by Gasteiger charge is 2.19. The number of rotatable bonds is 64. The average Bonchev–Trinajstić information content (AvgIpc) is 3.41. The molecule has 0 rings (SSSR count). The monoisotopic (exact) mass is 1060 g/mol. The number of hydrogen-bond donors (Lipinski definition) is 0. The summed E-state index contributed by atoms with van der Waals surface area (Å²) in [5, 5.41) is 0. The Hall–Kier alpha value is -1.85. The van der Waals surface area contributed by atoms with Gasteiger partial charge in [0.15, 0.2) is 6.10 Å². The van der Waals surface area contributed by atoms with Gasteiger partial charge in [-0.25, -0.2) is 0 Å². The molecule has 0 aromatic carbocycles. The molecule has 0 aromatic heterocycles. The van der Waals surface area contributed by atoms with Gasteiger partial charge >= 0.3 is 17.9 Å². The van der Waals surface area contributed by atoms with Crippen molar-refractivity contribution in [1.82, 2.24) is 0 Å². The number of esters is 3. The van der Waals surface area contributed by atoms with Gasteiger partial charge in [0.2, 0.25) is 0 Å². The summed E-state index contributed by atoms with van der Waals surface area (Å²) in [5.41, 5.74) is 0. The minimum absolute atomic E-state index is 0.0634. The highest BCUT2D eigenvalue weighted by molar-refractivity contribution is 5.71. The van der Waals surface area contributed by atoms with Crippen LogP contribution < -0.4 is 0 Å². The molecule has 0 amide bonds. The van der Waals surface area contributed by atoms with Crippen LogP contribution in [0.1, 0.15) is 393 Å². The number of carbonyl (C=O) groups is 3. The summed E-state index contributed by atoms with van der Waals surface area (Å²) >= 11 is 0. The first-order chi connectivity index (χ1) is 37.0. The van der Waals surface area contributed by atoms with Crippen molar-refractivity contribution in [2.24, 2.45) is 0 Å². The van der Waals surface area contributed by atoms with Gasteiger partial charge in [0, 0.05) is 19.3 Å². The van der Waals surface area contributed by atoms with Gasteiger partial charge in [0.25, 0.3) is 0 Å². The lowest BCUT2D eigenvalue weighted by atomic mass is 10.0. The van der Waals surface area contributed by atoms with Gasteiger partial charge in [0.05, 0.1) is 0 Å². The highest BCUT2D eigenvalue weighted by Crippen LogP contribution is 2.19.